The van der Waals surface area contributed by atoms with Crippen molar-refractivity contribution < 1.29 is 9.59 Å². The van der Waals surface area contributed by atoms with Crippen LogP contribution in [0.4, 0.5) is 0 Å². The third-order valence-corrected chi connectivity index (χ3v) is 4.92. The topological polar surface area (TPSA) is 40.6 Å². The Morgan fingerprint density at radius 2 is 1.86 bits per heavy atom. The highest BCUT2D eigenvalue weighted by Gasteiger charge is 2.32. The zero-order valence-electron chi connectivity index (χ0n) is 12.6. The zero-order valence-corrected chi connectivity index (χ0v) is 13.4. The van der Waals surface area contributed by atoms with E-state index in [1.54, 1.807) is 24.3 Å². The van der Waals surface area contributed by atoms with Crippen molar-refractivity contribution in [3.63, 3.8) is 0 Å². The maximum absolute atomic E-state index is 12.3. The van der Waals surface area contributed by atoms with Crippen molar-refractivity contribution in [1.29, 1.82) is 0 Å². The summed E-state index contributed by atoms with van der Waals surface area (Å²) < 4.78 is 0. The fourth-order valence-corrected chi connectivity index (χ4v) is 3.50. The summed E-state index contributed by atoms with van der Waals surface area (Å²) >= 11 is 5.81. The number of piperazine rings is 1. The summed E-state index contributed by atoms with van der Waals surface area (Å²) in [6.45, 7) is 3.77. The number of fused-ring (bicyclic) bond motifs is 1. The van der Waals surface area contributed by atoms with Gasteiger partial charge >= 0.3 is 0 Å². The van der Waals surface area contributed by atoms with Crippen LogP contribution in [0, 0.1) is 0 Å². The van der Waals surface area contributed by atoms with Crippen molar-refractivity contribution in [3.05, 3.63) is 34.9 Å². The van der Waals surface area contributed by atoms with Crippen LogP contribution in [0.1, 0.15) is 36.0 Å². The molecule has 0 aromatic heterocycles. The van der Waals surface area contributed by atoms with Gasteiger partial charge in [0.25, 0.3) is 0 Å². The standard InChI is InChI=1S/C17H21ClN2O2/c18-14-5-3-13(4-6-14)16(21)7-8-17(22)20-11-10-19-9-1-2-15(19)12-20/h3-6,15H,1-2,7-12H2/t15-/m0/s1. The van der Waals surface area contributed by atoms with Gasteiger partial charge in [-0.05, 0) is 43.7 Å². The van der Waals surface area contributed by atoms with Gasteiger partial charge in [0.1, 0.15) is 0 Å². The Balaban J connectivity index is 1.49. The number of ketones is 1. The SMILES string of the molecule is O=C(CCC(=O)N1CCN2CCC[C@H]2C1)c1ccc(Cl)cc1. The minimum absolute atomic E-state index is 0.00418. The Hall–Kier alpha value is -1.39. The summed E-state index contributed by atoms with van der Waals surface area (Å²) in [5.74, 6) is 0.110. The van der Waals surface area contributed by atoms with Crippen molar-refractivity contribution in [3.8, 4) is 0 Å². The van der Waals surface area contributed by atoms with Crippen molar-refractivity contribution in [1.82, 2.24) is 9.80 Å². The lowest BCUT2D eigenvalue weighted by atomic mass is 10.1. The molecule has 2 fully saturated rings. The summed E-state index contributed by atoms with van der Waals surface area (Å²) in [5, 5.41) is 0.613. The number of hydrogen-bond donors (Lipinski definition) is 0. The van der Waals surface area contributed by atoms with Gasteiger partial charge in [0.2, 0.25) is 5.91 Å². The molecule has 1 atom stereocenters. The van der Waals surface area contributed by atoms with Gasteiger partial charge in [-0.2, -0.15) is 0 Å². The Labute approximate surface area is 136 Å². The molecule has 5 heteroatoms. The van der Waals surface area contributed by atoms with Crippen molar-refractivity contribution in [2.24, 2.45) is 0 Å². The van der Waals surface area contributed by atoms with E-state index < -0.39 is 0 Å². The van der Waals surface area contributed by atoms with E-state index in [9.17, 15) is 9.59 Å². The lowest BCUT2D eigenvalue weighted by Gasteiger charge is -2.37. The average Bonchev–Trinajstić information content (AvgIpc) is 3.00. The Kier molecular flexibility index (Phi) is 4.79. The van der Waals surface area contributed by atoms with Gasteiger partial charge in [-0.3, -0.25) is 14.5 Å². The normalized spacial score (nSPS) is 21.7. The smallest absolute Gasteiger partial charge is 0.223 e. The molecular formula is C17H21ClN2O2. The van der Waals surface area contributed by atoms with Gasteiger partial charge in [-0.15, -0.1) is 0 Å². The predicted octanol–water partition coefficient (Wildman–Crippen LogP) is 2.61. The summed E-state index contributed by atoms with van der Waals surface area (Å²) in [6.07, 6.45) is 2.99. The van der Waals surface area contributed by atoms with Gasteiger partial charge in [0.15, 0.2) is 5.78 Å². The van der Waals surface area contributed by atoms with Crippen molar-refractivity contribution >= 4 is 23.3 Å². The highest BCUT2D eigenvalue weighted by molar-refractivity contribution is 6.30. The molecule has 3 rings (SSSR count). The number of amides is 1. The van der Waals surface area contributed by atoms with Gasteiger partial charge in [-0.1, -0.05) is 11.6 Å². The molecule has 4 nitrogen and oxygen atoms in total. The maximum Gasteiger partial charge on any atom is 0.223 e. The van der Waals surface area contributed by atoms with Crippen LogP contribution in [0.25, 0.3) is 0 Å². The number of nitrogens with zero attached hydrogens (tertiary/aromatic N) is 2. The number of Topliss-reactive ketones (excluding diaryl/α,β-unsaturated/α-hetero) is 1. The molecule has 1 amide bonds. The van der Waals surface area contributed by atoms with Crippen LogP contribution < -0.4 is 0 Å². The monoisotopic (exact) mass is 320 g/mol. The molecule has 0 radical (unpaired) electrons. The number of halogens is 1. The molecule has 2 aliphatic heterocycles. The Bertz CT molecular complexity index is 558. The molecule has 0 unspecified atom stereocenters. The number of carbonyl (C=O) groups is 2. The highest BCUT2D eigenvalue weighted by atomic mass is 35.5. The van der Waals surface area contributed by atoms with Gasteiger partial charge in [0, 0.05) is 49.1 Å². The van der Waals surface area contributed by atoms with E-state index in [2.05, 4.69) is 4.90 Å². The summed E-state index contributed by atoms with van der Waals surface area (Å²) in [5.41, 5.74) is 0.623. The van der Waals surface area contributed by atoms with Crippen LogP contribution in [0.3, 0.4) is 0 Å². The number of carbonyl (C=O) groups excluding carboxylic acids is 2. The molecule has 2 saturated heterocycles. The van der Waals surface area contributed by atoms with Crippen molar-refractivity contribution in [2.75, 3.05) is 26.2 Å². The van der Waals surface area contributed by atoms with E-state index in [4.69, 9.17) is 11.6 Å². The third-order valence-electron chi connectivity index (χ3n) is 4.67. The average molecular weight is 321 g/mol. The second kappa shape index (κ2) is 6.80. The number of benzene rings is 1. The molecule has 1 aromatic rings. The summed E-state index contributed by atoms with van der Waals surface area (Å²) in [4.78, 5) is 28.8. The maximum atomic E-state index is 12.3. The quantitative estimate of drug-likeness (QED) is 0.801. The molecule has 118 valence electrons. The summed E-state index contributed by atoms with van der Waals surface area (Å²) in [6, 6.07) is 7.37. The first-order chi connectivity index (χ1) is 10.6. The van der Waals surface area contributed by atoms with Gasteiger partial charge in [-0.25, -0.2) is 0 Å². The Morgan fingerprint density at radius 1 is 1.09 bits per heavy atom. The first kappa shape index (κ1) is 15.5. The zero-order chi connectivity index (χ0) is 15.5. The second-order valence-corrected chi connectivity index (χ2v) is 6.54. The molecule has 22 heavy (non-hydrogen) atoms. The molecular weight excluding hydrogens is 300 g/mol. The van der Waals surface area contributed by atoms with E-state index in [-0.39, 0.29) is 18.1 Å². The first-order valence-electron chi connectivity index (χ1n) is 7.94. The van der Waals surface area contributed by atoms with Crippen LogP contribution in [0.15, 0.2) is 24.3 Å². The Morgan fingerprint density at radius 3 is 2.64 bits per heavy atom. The molecule has 0 bridgehead atoms. The largest absolute Gasteiger partial charge is 0.340 e. The molecule has 2 heterocycles. The van der Waals surface area contributed by atoms with E-state index in [0.717, 1.165) is 19.6 Å². The minimum atomic E-state index is 0.00418. The van der Waals surface area contributed by atoms with Gasteiger partial charge in [0.05, 0.1) is 0 Å². The molecule has 0 saturated carbocycles. The third kappa shape index (κ3) is 3.50. The van der Waals surface area contributed by atoms with Crippen LogP contribution in [-0.2, 0) is 4.79 Å². The molecule has 2 aliphatic rings. The second-order valence-electron chi connectivity index (χ2n) is 6.10. The van der Waals surface area contributed by atoms with Crippen LogP contribution in [0.5, 0.6) is 0 Å². The van der Waals surface area contributed by atoms with Crippen LogP contribution in [-0.4, -0.2) is 53.7 Å². The fourth-order valence-electron chi connectivity index (χ4n) is 3.38. The molecule has 1 aromatic carbocycles. The van der Waals surface area contributed by atoms with E-state index in [0.29, 0.717) is 23.0 Å². The van der Waals surface area contributed by atoms with E-state index in [1.165, 1.54) is 19.4 Å². The van der Waals surface area contributed by atoms with E-state index in [1.807, 2.05) is 4.90 Å². The molecule has 0 aliphatic carbocycles. The highest BCUT2D eigenvalue weighted by Crippen LogP contribution is 2.22. The number of hydrogen-bond acceptors (Lipinski definition) is 3. The minimum Gasteiger partial charge on any atom is -0.340 e. The fraction of sp³-hybridized carbons (Fsp3) is 0.529. The van der Waals surface area contributed by atoms with Crippen LogP contribution in [0.2, 0.25) is 5.02 Å². The predicted molar refractivity (Wildman–Crippen MR) is 86.2 cm³/mol. The summed E-state index contributed by atoms with van der Waals surface area (Å²) in [7, 11) is 0. The molecule has 0 N–H and O–H groups in total. The van der Waals surface area contributed by atoms with Crippen LogP contribution >= 0.6 is 11.6 Å². The lowest BCUT2D eigenvalue weighted by Crippen LogP contribution is -2.52. The molecule has 0 spiro atoms. The van der Waals surface area contributed by atoms with Crippen molar-refractivity contribution in [2.45, 2.75) is 31.7 Å². The first-order valence-corrected chi connectivity index (χ1v) is 8.32. The lowest BCUT2D eigenvalue weighted by molar-refractivity contribution is -0.133. The van der Waals surface area contributed by atoms with E-state index >= 15 is 0 Å². The van der Waals surface area contributed by atoms with Gasteiger partial charge < -0.3 is 4.90 Å². The number of rotatable bonds is 4.